The molecule has 0 fully saturated rings. The van der Waals surface area contributed by atoms with Crippen LogP contribution in [0.25, 0.3) is 0 Å². The summed E-state index contributed by atoms with van der Waals surface area (Å²) in [5, 5.41) is 0.339. The minimum atomic E-state index is -0.723. The first-order valence-corrected chi connectivity index (χ1v) is 9.38. The molecule has 28 heavy (non-hydrogen) atoms. The molecule has 0 aliphatic rings. The third-order valence-electron chi connectivity index (χ3n) is 5.11. The lowest BCUT2D eigenvalue weighted by molar-refractivity contribution is 0.0588. The Labute approximate surface area is 170 Å². The van der Waals surface area contributed by atoms with Crippen LogP contribution in [0.15, 0.2) is 24.3 Å². The second kappa shape index (κ2) is 8.61. The Hall–Kier alpha value is -2.60. The molecule has 1 aromatic heterocycles. The average Bonchev–Trinajstić information content (AvgIpc) is 2.90. The molecule has 0 saturated carbocycles. The standard InChI is InChI=1S/C21H25ClN2O4/c1-7-24(20(26)15-10-8-9-11-16(15)22)14(4)19(25)17-12(2)18(21(27)28-6)23(5)13(17)3/h8-11,14H,7H2,1-6H3. The van der Waals surface area contributed by atoms with E-state index in [-0.39, 0.29) is 11.7 Å². The van der Waals surface area contributed by atoms with Gasteiger partial charge in [-0.25, -0.2) is 4.79 Å². The van der Waals surface area contributed by atoms with E-state index in [0.717, 1.165) is 0 Å². The minimum absolute atomic E-state index is 0.233. The van der Waals surface area contributed by atoms with Gasteiger partial charge in [-0.15, -0.1) is 0 Å². The van der Waals surface area contributed by atoms with Crippen LogP contribution in [-0.2, 0) is 11.8 Å². The Bertz CT molecular complexity index is 933. The van der Waals surface area contributed by atoms with Crippen LogP contribution >= 0.6 is 11.6 Å². The maximum atomic E-state index is 13.3. The molecule has 1 amide bonds. The number of likely N-dealkylation sites (N-methyl/N-ethyl adjacent to an activating group) is 1. The molecule has 0 radical (unpaired) electrons. The van der Waals surface area contributed by atoms with E-state index in [1.807, 2.05) is 6.92 Å². The summed E-state index contributed by atoms with van der Waals surface area (Å²) in [5.74, 6) is -1.05. The first-order valence-electron chi connectivity index (χ1n) is 9.01. The van der Waals surface area contributed by atoms with Gasteiger partial charge in [-0.3, -0.25) is 9.59 Å². The highest BCUT2D eigenvalue weighted by Gasteiger charge is 2.32. The van der Waals surface area contributed by atoms with Crippen LogP contribution in [0.3, 0.4) is 0 Å². The van der Waals surface area contributed by atoms with Crippen LogP contribution in [0, 0.1) is 13.8 Å². The van der Waals surface area contributed by atoms with E-state index < -0.39 is 12.0 Å². The van der Waals surface area contributed by atoms with Gasteiger partial charge in [-0.2, -0.15) is 0 Å². The summed E-state index contributed by atoms with van der Waals surface area (Å²) >= 11 is 6.16. The van der Waals surface area contributed by atoms with Gasteiger partial charge in [0.1, 0.15) is 5.69 Å². The van der Waals surface area contributed by atoms with Crippen molar-refractivity contribution in [3.8, 4) is 0 Å². The number of hydrogen-bond acceptors (Lipinski definition) is 4. The lowest BCUT2D eigenvalue weighted by atomic mass is 9.99. The van der Waals surface area contributed by atoms with Crippen molar-refractivity contribution in [1.29, 1.82) is 0 Å². The molecule has 0 aliphatic carbocycles. The SMILES string of the molecule is CCN(C(=O)c1ccccc1Cl)C(C)C(=O)c1c(C)c(C(=O)OC)n(C)c1C. The number of rotatable bonds is 6. The Morgan fingerprint density at radius 1 is 1.21 bits per heavy atom. The van der Waals surface area contributed by atoms with Crippen molar-refractivity contribution in [3.63, 3.8) is 0 Å². The summed E-state index contributed by atoms with van der Waals surface area (Å²) in [7, 11) is 3.01. The van der Waals surface area contributed by atoms with E-state index in [4.69, 9.17) is 16.3 Å². The Morgan fingerprint density at radius 3 is 2.36 bits per heavy atom. The van der Waals surface area contributed by atoms with Crippen LogP contribution in [0.5, 0.6) is 0 Å². The maximum Gasteiger partial charge on any atom is 0.354 e. The molecule has 0 N–H and O–H groups in total. The molecular formula is C21H25ClN2O4. The van der Waals surface area contributed by atoms with Gasteiger partial charge in [0.15, 0.2) is 5.78 Å². The van der Waals surface area contributed by atoms with Crippen molar-refractivity contribution < 1.29 is 19.1 Å². The number of ketones is 1. The number of methoxy groups -OCH3 is 1. The first kappa shape index (κ1) is 21.7. The predicted molar refractivity (Wildman–Crippen MR) is 108 cm³/mol. The van der Waals surface area contributed by atoms with Gasteiger partial charge in [0.25, 0.3) is 5.91 Å². The number of carbonyl (C=O) groups is 3. The number of benzene rings is 1. The van der Waals surface area contributed by atoms with E-state index in [9.17, 15) is 14.4 Å². The third-order valence-corrected chi connectivity index (χ3v) is 5.44. The average molecular weight is 405 g/mol. The predicted octanol–water partition coefficient (Wildman–Crippen LogP) is 3.82. The van der Waals surface area contributed by atoms with E-state index in [0.29, 0.717) is 39.6 Å². The number of ether oxygens (including phenoxy) is 1. The number of esters is 1. The summed E-state index contributed by atoms with van der Waals surface area (Å²) < 4.78 is 6.48. The van der Waals surface area contributed by atoms with Crippen molar-refractivity contribution >= 4 is 29.3 Å². The molecular weight excluding hydrogens is 380 g/mol. The van der Waals surface area contributed by atoms with Gasteiger partial charge in [-0.05, 0) is 45.4 Å². The maximum absolute atomic E-state index is 13.3. The highest BCUT2D eigenvalue weighted by Crippen LogP contribution is 2.25. The summed E-state index contributed by atoms with van der Waals surface area (Å²) in [6.45, 7) is 7.32. The molecule has 0 saturated heterocycles. The van der Waals surface area contributed by atoms with Crippen molar-refractivity contribution in [3.05, 3.63) is 57.4 Å². The molecule has 1 heterocycles. The Morgan fingerprint density at radius 2 is 1.82 bits per heavy atom. The molecule has 2 aromatic rings. The summed E-state index contributed by atoms with van der Waals surface area (Å²) in [4.78, 5) is 39.9. The van der Waals surface area contributed by atoms with Gasteiger partial charge in [0, 0.05) is 24.8 Å². The zero-order valence-electron chi connectivity index (χ0n) is 17.0. The van der Waals surface area contributed by atoms with Gasteiger partial charge in [0.05, 0.1) is 23.7 Å². The lowest BCUT2D eigenvalue weighted by Crippen LogP contribution is -2.43. The van der Waals surface area contributed by atoms with Crippen LogP contribution in [0.2, 0.25) is 5.02 Å². The first-order chi connectivity index (χ1) is 13.2. The minimum Gasteiger partial charge on any atom is -0.464 e. The number of aromatic nitrogens is 1. The number of carbonyl (C=O) groups excluding carboxylic acids is 3. The monoisotopic (exact) mass is 404 g/mol. The molecule has 6 nitrogen and oxygen atoms in total. The summed E-state index contributed by atoms with van der Waals surface area (Å²) in [6.07, 6.45) is 0. The number of Topliss-reactive ketones (excluding diaryl/α,β-unsaturated/α-hetero) is 1. The summed E-state index contributed by atoms with van der Waals surface area (Å²) in [6, 6.07) is 6.03. The van der Waals surface area contributed by atoms with Crippen molar-refractivity contribution in [2.24, 2.45) is 7.05 Å². The van der Waals surface area contributed by atoms with Crippen LogP contribution in [0.4, 0.5) is 0 Å². The summed E-state index contributed by atoms with van der Waals surface area (Å²) in [5.41, 5.74) is 2.31. The molecule has 7 heteroatoms. The second-order valence-corrected chi connectivity index (χ2v) is 7.00. The van der Waals surface area contributed by atoms with Gasteiger partial charge < -0.3 is 14.2 Å². The fourth-order valence-corrected chi connectivity index (χ4v) is 3.68. The van der Waals surface area contributed by atoms with Gasteiger partial charge >= 0.3 is 5.97 Å². The van der Waals surface area contributed by atoms with Crippen molar-refractivity contribution in [1.82, 2.24) is 9.47 Å². The zero-order valence-corrected chi connectivity index (χ0v) is 17.8. The van der Waals surface area contributed by atoms with E-state index >= 15 is 0 Å². The number of nitrogens with zero attached hydrogens (tertiary/aromatic N) is 2. The molecule has 1 atom stereocenters. The van der Waals surface area contributed by atoms with Crippen molar-refractivity contribution in [2.75, 3.05) is 13.7 Å². The Kier molecular flexibility index (Phi) is 6.67. The topological polar surface area (TPSA) is 68.6 Å². The highest BCUT2D eigenvalue weighted by molar-refractivity contribution is 6.33. The van der Waals surface area contributed by atoms with E-state index in [2.05, 4.69) is 0 Å². The van der Waals surface area contributed by atoms with Gasteiger partial charge in [-0.1, -0.05) is 23.7 Å². The molecule has 2 rings (SSSR count). The van der Waals surface area contributed by atoms with E-state index in [1.165, 1.54) is 12.0 Å². The number of amides is 1. The molecule has 0 bridgehead atoms. The van der Waals surface area contributed by atoms with Crippen LogP contribution in [-0.4, -0.2) is 46.8 Å². The highest BCUT2D eigenvalue weighted by atomic mass is 35.5. The van der Waals surface area contributed by atoms with Crippen LogP contribution < -0.4 is 0 Å². The zero-order chi connectivity index (χ0) is 21.2. The van der Waals surface area contributed by atoms with Crippen LogP contribution in [0.1, 0.15) is 56.3 Å². The van der Waals surface area contributed by atoms with E-state index in [1.54, 1.807) is 56.7 Å². The molecule has 1 unspecified atom stereocenters. The molecule has 150 valence electrons. The lowest BCUT2D eigenvalue weighted by Gasteiger charge is -2.27. The molecule has 0 aliphatic heterocycles. The molecule has 1 aromatic carbocycles. The molecule has 0 spiro atoms. The number of hydrogen-bond donors (Lipinski definition) is 0. The fourth-order valence-electron chi connectivity index (χ4n) is 3.46. The third kappa shape index (κ3) is 3.69. The largest absolute Gasteiger partial charge is 0.464 e. The second-order valence-electron chi connectivity index (χ2n) is 6.60. The quantitative estimate of drug-likeness (QED) is 0.542. The Balaban J connectivity index is 2.44. The number of halogens is 1. The van der Waals surface area contributed by atoms with Crippen molar-refractivity contribution in [2.45, 2.75) is 33.7 Å². The van der Waals surface area contributed by atoms with Gasteiger partial charge in [0.2, 0.25) is 0 Å². The smallest absolute Gasteiger partial charge is 0.354 e. The fraction of sp³-hybridized carbons (Fsp3) is 0.381. The normalized spacial score (nSPS) is 11.8.